The second-order valence-electron chi connectivity index (χ2n) is 5.58. The molecule has 24 heavy (non-hydrogen) atoms. The summed E-state index contributed by atoms with van der Waals surface area (Å²) in [6.07, 6.45) is 0.527. The van der Waals surface area contributed by atoms with Crippen molar-refractivity contribution < 1.29 is 9.90 Å². The lowest BCUT2D eigenvalue weighted by Gasteiger charge is -2.13. The molecular weight excluding hydrogens is 322 g/mol. The van der Waals surface area contributed by atoms with Gasteiger partial charge < -0.3 is 15.7 Å². The van der Waals surface area contributed by atoms with Gasteiger partial charge in [0.1, 0.15) is 5.01 Å². The minimum atomic E-state index is -0.280. The molecule has 3 N–H and O–H groups in total. The van der Waals surface area contributed by atoms with Crippen molar-refractivity contribution in [1.29, 1.82) is 0 Å². The van der Waals surface area contributed by atoms with Gasteiger partial charge in [-0.1, -0.05) is 24.3 Å². The highest BCUT2D eigenvalue weighted by Crippen LogP contribution is 2.31. The SMILES string of the molecule is C[C@H](CCO)NC(=O)Nc1cccc(-c2nc3ccccc3s2)c1. The van der Waals surface area contributed by atoms with Crippen LogP contribution in [0.3, 0.4) is 0 Å². The van der Waals surface area contributed by atoms with E-state index < -0.39 is 0 Å². The number of rotatable bonds is 5. The number of anilines is 1. The van der Waals surface area contributed by atoms with E-state index in [-0.39, 0.29) is 18.7 Å². The van der Waals surface area contributed by atoms with E-state index in [2.05, 4.69) is 21.7 Å². The largest absolute Gasteiger partial charge is 0.396 e. The number of aliphatic hydroxyl groups excluding tert-OH is 1. The Labute approximate surface area is 144 Å². The van der Waals surface area contributed by atoms with Crippen LogP contribution in [0.5, 0.6) is 0 Å². The number of nitrogens with zero attached hydrogens (tertiary/aromatic N) is 1. The van der Waals surface area contributed by atoms with Gasteiger partial charge in [-0.05, 0) is 37.6 Å². The summed E-state index contributed by atoms with van der Waals surface area (Å²) in [6.45, 7) is 1.90. The van der Waals surface area contributed by atoms with Crippen molar-refractivity contribution in [3.63, 3.8) is 0 Å². The van der Waals surface area contributed by atoms with Crippen molar-refractivity contribution in [1.82, 2.24) is 10.3 Å². The molecule has 2 aromatic carbocycles. The van der Waals surface area contributed by atoms with Crippen LogP contribution in [0.25, 0.3) is 20.8 Å². The molecule has 124 valence electrons. The summed E-state index contributed by atoms with van der Waals surface area (Å²) in [7, 11) is 0. The summed E-state index contributed by atoms with van der Waals surface area (Å²) in [5.74, 6) is 0. The van der Waals surface area contributed by atoms with Crippen LogP contribution in [-0.4, -0.2) is 28.8 Å². The number of aromatic nitrogens is 1. The molecule has 0 aliphatic rings. The van der Waals surface area contributed by atoms with Crippen molar-refractivity contribution in [3.8, 4) is 10.6 Å². The molecule has 0 radical (unpaired) electrons. The molecule has 1 aromatic heterocycles. The molecule has 0 unspecified atom stereocenters. The van der Waals surface area contributed by atoms with Crippen molar-refractivity contribution >= 4 is 33.3 Å². The molecule has 0 spiro atoms. The predicted octanol–water partition coefficient (Wildman–Crippen LogP) is 3.86. The Morgan fingerprint density at radius 3 is 2.88 bits per heavy atom. The normalized spacial score (nSPS) is 12.1. The van der Waals surface area contributed by atoms with Gasteiger partial charge in [0, 0.05) is 23.9 Å². The quantitative estimate of drug-likeness (QED) is 0.660. The van der Waals surface area contributed by atoms with E-state index in [0.717, 1.165) is 20.8 Å². The standard InChI is InChI=1S/C18H19N3O2S/c1-12(9-10-22)19-18(23)20-14-6-4-5-13(11-14)17-21-15-7-2-3-8-16(15)24-17/h2-8,11-12,22H,9-10H2,1H3,(H2,19,20,23)/t12-/m1/s1. The molecule has 0 aliphatic heterocycles. The predicted molar refractivity (Wildman–Crippen MR) is 98.4 cm³/mol. The number of hydrogen-bond donors (Lipinski definition) is 3. The van der Waals surface area contributed by atoms with Gasteiger partial charge in [-0.25, -0.2) is 9.78 Å². The van der Waals surface area contributed by atoms with Crippen LogP contribution in [0.4, 0.5) is 10.5 Å². The van der Waals surface area contributed by atoms with E-state index in [1.165, 1.54) is 0 Å². The van der Waals surface area contributed by atoms with Crippen LogP contribution in [0.2, 0.25) is 0 Å². The summed E-state index contributed by atoms with van der Waals surface area (Å²) in [4.78, 5) is 16.6. The number of thiazole rings is 1. The average molecular weight is 341 g/mol. The highest BCUT2D eigenvalue weighted by Gasteiger charge is 2.09. The lowest BCUT2D eigenvalue weighted by atomic mass is 10.2. The van der Waals surface area contributed by atoms with Crippen LogP contribution in [0, 0.1) is 0 Å². The minimum absolute atomic E-state index is 0.0501. The topological polar surface area (TPSA) is 74.2 Å². The Bertz CT molecular complexity index is 814. The fourth-order valence-electron chi connectivity index (χ4n) is 2.38. The van der Waals surface area contributed by atoms with Gasteiger partial charge in [-0.15, -0.1) is 11.3 Å². The Morgan fingerprint density at radius 1 is 1.25 bits per heavy atom. The number of urea groups is 1. The monoisotopic (exact) mass is 341 g/mol. The minimum Gasteiger partial charge on any atom is -0.396 e. The molecule has 5 nitrogen and oxygen atoms in total. The number of benzene rings is 2. The van der Waals surface area contributed by atoms with Crippen LogP contribution in [0.1, 0.15) is 13.3 Å². The molecule has 6 heteroatoms. The fourth-order valence-corrected chi connectivity index (χ4v) is 3.34. The maximum absolute atomic E-state index is 12.0. The van der Waals surface area contributed by atoms with E-state index in [0.29, 0.717) is 12.1 Å². The summed E-state index contributed by atoms with van der Waals surface area (Å²) in [5.41, 5.74) is 2.66. The van der Waals surface area contributed by atoms with Crippen molar-refractivity contribution in [2.75, 3.05) is 11.9 Å². The van der Waals surface area contributed by atoms with Gasteiger partial charge in [-0.2, -0.15) is 0 Å². The Hall–Kier alpha value is -2.44. The maximum Gasteiger partial charge on any atom is 0.319 e. The summed E-state index contributed by atoms with van der Waals surface area (Å²) < 4.78 is 1.14. The van der Waals surface area contributed by atoms with Gasteiger partial charge in [-0.3, -0.25) is 0 Å². The molecule has 1 atom stereocenters. The lowest BCUT2D eigenvalue weighted by molar-refractivity contribution is 0.241. The van der Waals surface area contributed by atoms with Crippen molar-refractivity contribution in [3.05, 3.63) is 48.5 Å². The fraction of sp³-hybridized carbons (Fsp3) is 0.222. The van der Waals surface area contributed by atoms with E-state index in [1.807, 2.05) is 49.4 Å². The van der Waals surface area contributed by atoms with Crippen LogP contribution in [0.15, 0.2) is 48.5 Å². The Kier molecular flexibility index (Phi) is 5.08. The number of carbonyl (C=O) groups excluding carboxylic acids is 1. The lowest BCUT2D eigenvalue weighted by Crippen LogP contribution is -2.36. The molecule has 1 heterocycles. The highest BCUT2D eigenvalue weighted by atomic mass is 32.1. The smallest absolute Gasteiger partial charge is 0.319 e. The van der Waals surface area contributed by atoms with Gasteiger partial charge in [0.2, 0.25) is 0 Å². The summed E-state index contributed by atoms with van der Waals surface area (Å²) in [5, 5.41) is 15.4. The third-order valence-electron chi connectivity index (χ3n) is 3.60. The molecule has 2 amide bonds. The van der Waals surface area contributed by atoms with Crippen LogP contribution < -0.4 is 10.6 Å². The van der Waals surface area contributed by atoms with E-state index >= 15 is 0 Å². The number of amides is 2. The van der Waals surface area contributed by atoms with E-state index in [9.17, 15) is 4.79 Å². The number of para-hydroxylation sites is 1. The molecule has 0 saturated carbocycles. The first-order chi connectivity index (χ1) is 11.7. The number of aliphatic hydroxyl groups is 1. The second-order valence-corrected chi connectivity index (χ2v) is 6.61. The van der Waals surface area contributed by atoms with Crippen molar-refractivity contribution in [2.24, 2.45) is 0 Å². The molecular formula is C18H19N3O2S. The number of fused-ring (bicyclic) bond motifs is 1. The number of carbonyl (C=O) groups is 1. The molecule has 0 fully saturated rings. The third kappa shape index (κ3) is 3.90. The highest BCUT2D eigenvalue weighted by molar-refractivity contribution is 7.21. The third-order valence-corrected chi connectivity index (χ3v) is 4.69. The molecule has 3 aromatic rings. The first-order valence-corrected chi connectivity index (χ1v) is 8.62. The van der Waals surface area contributed by atoms with Crippen LogP contribution in [-0.2, 0) is 0 Å². The summed E-state index contributed by atoms with van der Waals surface area (Å²) >= 11 is 1.63. The molecule has 3 rings (SSSR count). The van der Waals surface area contributed by atoms with Gasteiger partial charge in [0.15, 0.2) is 0 Å². The Balaban J connectivity index is 1.75. The summed E-state index contributed by atoms with van der Waals surface area (Å²) in [6, 6.07) is 15.3. The zero-order valence-electron chi connectivity index (χ0n) is 13.3. The maximum atomic E-state index is 12.0. The number of hydrogen-bond acceptors (Lipinski definition) is 4. The van der Waals surface area contributed by atoms with Gasteiger partial charge in [0.05, 0.1) is 10.2 Å². The molecule has 0 saturated heterocycles. The first-order valence-electron chi connectivity index (χ1n) is 7.80. The number of nitrogens with one attached hydrogen (secondary N) is 2. The average Bonchev–Trinajstić information content (AvgIpc) is 2.99. The first kappa shape index (κ1) is 16.4. The van der Waals surface area contributed by atoms with Crippen LogP contribution >= 0.6 is 11.3 Å². The zero-order valence-corrected chi connectivity index (χ0v) is 14.1. The second kappa shape index (κ2) is 7.42. The van der Waals surface area contributed by atoms with E-state index in [4.69, 9.17) is 5.11 Å². The molecule has 0 aliphatic carbocycles. The molecule has 0 bridgehead atoms. The van der Waals surface area contributed by atoms with Gasteiger partial charge in [0.25, 0.3) is 0 Å². The van der Waals surface area contributed by atoms with E-state index in [1.54, 1.807) is 11.3 Å². The van der Waals surface area contributed by atoms with Gasteiger partial charge >= 0.3 is 6.03 Å². The zero-order chi connectivity index (χ0) is 16.9. The van der Waals surface area contributed by atoms with Crippen molar-refractivity contribution in [2.45, 2.75) is 19.4 Å². The Morgan fingerprint density at radius 2 is 2.08 bits per heavy atom.